The minimum atomic E-state index is -3.32. The molecule has 24 heavy (non-hydrogen) atoms. The number of methoxy groups -OCH3 is 1. The molecule has 0 saturated carbocycles. The van der Waals surface area contributed by atoms with E-state index >= 15 is 0 Å². The molecule has 2 N–H and O–H groups in total. The molecule has 0 bridgehead atoms. The van der Waals surface area contributed by atoms with E-state index in [-0.39, 0.29) is 12.5 Å². The molecule has 1 amide bonds. The van der Waals surface area contributed by atoms with E-state index in [0.717, 1.165) is 11.8 Å². The molecule has 2 aromatic rings. The van der Waals surface area contributed by atoms with Gasteiger partial charge < -0.3 is 10.1 Å². The molecule has 1 heterocycles. The van der Waals surface area contributed by atoms with E-state index in [4.69, 9.17) is 4.74 Å². The van der Waals surface area contributed by atoms with Crippen LogP contribution in [0.15, 0.2) is 36.5 Å². The number of amides is 1. The third-order valence-corrected chi connectivity index (χ3v) is 3.87. The van der Waals surface area contributed by atoms with Crippen molar-refractivity contribution in [3.05, 3.63) is 53.3 Å². The fraction of sp³-hybridized carbons (Fsp3) is 0.250. The molecule has 0 fully saturated rings. The predicted molar refractivity (Wildman–Crippen MR) is 91.6 cm³/mol. The maximum absolute atomic E-state index is 12.4. The van der Waals surface area contributed by atoms with Gasteiger partial charge in [0, 0.05) is 11.8 Å². The van der Waals surface area contributed by atoms with Crippen LogP contribution in [0.3, 0.4) is 0 Å². The Morgan fingerprint density at radius 3 is 2.67 bits per heavy atom. The number of ether oxygens (including phenoxy) is 1. The third-order valence-electron chi connectivity index (χ3n) is 3.20. The normalized spacial score (nSPS) is 11.1. The molecule has 7 nitrogen and oxygen atoms in total. The zero-order valence-electron chi connectivity index (χ0n) is 13.7. The minimum Gasteiger partial charge on any atom is -0.495 e. The standard InChI is InChI=1S/C16H19N3O4S/c1-11-4-5-15(23-2)14(8-11)19-16(20)12-6-7-17-13(9-12)10-18-24(3,21)22/h4-9,18H,10H2,1-3H3,(H,19,20). The highest BCUT2D eigenvalue weighted by molar-refractivity contribution is 7.88. The SMILES string of the molecule is COc1ccc(C)cc1NC(=O)c1ccnc(CNS(C)(=O)=O)c1. The molecule has 0 atom stereocenters. The van der Waals surface area contributed by atoms with E-state index in [2.05, 4.69) is 15.0 Å². The molecule has 0 aliphatic heterocycles. The summed E-state index contributed by atoms with van der Waals surface area (Å²) in [5.41, 5.74) is 2.37. The van der Waals surface area contributed by atoms with Gasteiger partial charge in [-0.25, -0.2) is 13.1 Å². The number of hydrogen-bond acceptors (Lipinski definition) is 5. The van der Waals surface area contributed by atoms with Gasteiger partial charge >= 0.3 is 0 Å². The van der Waals surface area contributed by atoms with Crippen molar-refractivity contribution >= 4 is 21.6 Å². The molecule has 0 aliphatic carbocycles. The molecule has 0 aliphatic rings. The van der Waals surface area contributed by atoms with Gasteiger partial charge in [0.15, 0.2) is 0 Å². The second-order valence-corrected chi connectivity index (χ2v) is 7.12. The summed E-state index contributed by atoms with van der Waals surface area (Å²) >= 11 is 0. The number of aromatic nitrogens is 1. The Balaban J connectivity index is 2.17. The first kappa shape index (κ1) is 17.9. The molecule has 2 rings (SSSR count). The number of sulfonamides is 1. The predicted octanol–water partition coefficient (Wildman–Crippen LogP) is 1.70. The lowest BCUT2D eigenvalue weighted by atomic mass is 10.1. The quantitative estimate of drug-likeness (QED) is 0.827. The van der Waals surface area contributed by atoms with Crippen LogP contribution in [0, 0.1) is 6.92 Å². The van der Waals surface area contributed by atoms with E-state index in [1.54, 1.807) is 12.1 Å². The first-order chi connectivity index (χ1) is 11.3. The summed E-state index contributed by atoms with van der Waals surface area (Å²) in [6.45, 7) is 1.93. The molecular weight excluding hydrogens is 330 g/mol. The fourth-order valence-electron chi connectivity index (χ4n) is 2.04. The van der Waals surface area contributed by atoms with Crippen molar-refractivity contribution in [1.82, 2.24) is 9.71 Å². The van der Waals surface area contributed by atoms with Crippen LogP contribution < -0.4 is 14.8 Å². The number of nitrogens with zero attached hydrogens (tertiary/aromatic N) is 1. The van der Waals surface area contributed by atoms with Gasteiger partial charge in [-0.2, -0.15) is 0 Å². The lowest BCUT2D eigenvalue weighted by Crippen LogP contribution is -2.22. The van der Waals surface area contributed by atoms with E-state index < -0.39 is 10.0 Å². The number of benzene rings is 1. The Kier molecular flexibility index (Phi) is 5.53. The van der Waals surface area contributed by atoms with Crippen LogP contribution in [0.1, 0.15) is 21.6 Å². The molecule has 1 aromatic carbocycles. The number of carbonyl (C=O) groups excluding carboxylic acids is 1. The molecule has 0 spiro atoms. The summed E-state index contributed by atoms with van der Waals surface area (Å²) in [4.78, 5) is 16.5. The number of hydrogen-bond donors (Lipinski definition) is 2. The highest BCUT2D eigenvalue weighted by atomic mass is 32.2. The van der Waals surface area contributed by atoms with Gasteiger partial charge in [-0.1, -0.05) is 6.07 Å². The van der Waals surface area contributed by atoms with Crippen molar-refractivity contribution in [1.29, 1.82) is 0 Å². The van der Waals surface area contributed by atoms with Crippen molar-refractivity contribution in [2.75, 3.05) is 18.7 Å². The Hall–Kier alpha value is -2.45. The number of anilines is 1. The first-order valence-corrected chi connectivity index (χ1v) is 9.03. The van der Waals surface area contributed by atoms with Crippen LogP contribution in [0.5, 0.6) is 5.75 Å². The van der Waals surface area contributed by atoms with Crippen LogP contribution in [-0.2, 0) is 16.6 Å². The van der Waals surface area contributed by atoms with Crippen molar-refractivity contribution < 1.29 is 17.9 Å². The highest BCUT2D eigenvalue weighted by Gasteiger charge is 2.11. The Bertz CT molecular complexity index is 850. The second kappa shape index (κ2) is 7.41. The average molecular weight is 349 g/mol. The van der Waals surface area contributed by atoms with Gasteiger partial charge in [-0.15, -0.1) is 0 Å². The van der Waals surface area contributed by atoms with Crippen LogP contribution in [0.4, 0.5) is 5.69 Å². The van der Waals surface area contributed by atoms with E-state index in [1.807, 2.05) is 19.1 Å². The van der Waals surface area contributed by atoms with Gasteiger partial charge in [0.1, 0.15) is 5.75 Å². The zero-order valence-corrected chi connectivity index (χ0v) is 14.5. The number of nitrogens with one attached hydrogen (secondary N) is 2. The van der Waals surface area contributed by atoms with Gasteiger partial charge in [0.2, 0.25) is 10.0 Å². The summed E-state index contributed by atoms with van der Waals surface area (Å²) in [6, 6.07) is 8.57. The Morgan fingerprint density at radius 2 is 2.00 bits per heavy atom. The van der Waals surface area contributed by atoms with Gasteiger partial charge in [-0.05, 0) is 36.8 Å². The van der Waals surface area contributed by atoms with E-state index in [0.29, 0.717) is 22.7 Å². The minimum absolute atomic E-state index is 0.0215. The lowest BCUT2D eigenvalue weighted by molar-refractivity contribution is 0.102. The van der Waals surface area contributed by atoms with E-state index in [1.165, 1.54) is 19.4 Å². The first-order valence-electron chi connectivity index (χ1n) is 7.14. The molecule has 0 unspecified atom stereocenters. The summed E-state index contributed by atoms with van der Waals surface area (Å²) in [5, 5.41) is 2.79. The zero-order chi connectivity index (χ0) is 17.7. The van der Waals surface area contributed by atoms with Crippen molar-refractivity contribution in [2.24, 2.45) is 0 Å². The average Bonchev–Trinajstić information content (AvgIpc) is 2.53. The number of aryl methyl sites for hydroxylation is 1. The number of rotatable bonds is 6. The molecule has 8 heteroatoms. The highest BCUT2D eigenvalue weighted by Crippen LogP contribution is 2.25. The molecule has 0 saturated heterocycles. The summed E-state index contributed by atoms with van der Waals surface area (Å²) in [6.07, 6.45) is 2.52. The summed E-state index contributed by atoms with van der Waals surface area (Å²) < 4.78 is 29.8. The second-order valence-electron chi connectivity index (χ2n) is 5.29. The van der Waals surface area contributed by atoms with Crippen molar-refractivity contribution in [2.45, 2.75) is 13.5 Å². The monoisotopic (exact) mass is 349 g/mol. The topological polar surface area (TPSA) is 97.4 Å². The van der Waals surface area contributed by atoms with Crippen molar-refractivity contribution in [3.63, 3.8) is 0 Å². The van der Waals surface area contributed by atoms with Crippen LogP contribution >= 0.6 is 0 Å². The largest absolute Gasteiger partial charge is 0.495 e. The fourth-order valence-corrected chi connectivity index (χ4v) is 2.45. The summed E-state index contributed by atoms with van der Waals surface area (Å²) in [5.74, 6) is 0.226. The van der Waals surface area contributed by atoms with Gasteiger partial charge in [-0.3, -0.25) is 9.78 Å². The van der Waals surface area contributed by atoms with Gasteiger partial charge in [0.25, 0.3) is 5.91 Å². The van der Waals surface area contributed by atoms with Crippen LogP contribution in [0.2, 0.25) is 0 Å². The molecule has 1 aromatic heterocycles. The van der Waals surface area contributed by atoms with Crippen LogP contribution in [0.25, 0.3) is 0 Å². The molecule has 0 radical (unpaired) electrons. The summed E-state index contributed by atoms with van der Waals surface area (Å²) in [7, 11) is -1.80. The lowest BCUT2D eigenvalue weighted by Gasteiger charge is -2.11. The van der Waals surface area contributed by atoms with Crippen molar-refractivity contribution in [3.8, 4) is 5.75 Å². The molecular formula is C16H19N3O4S. The molecule has 128 valence electrons. The smallest absolute Gasteiger partial charge is 0.255 e. The Morgan fingerprint density at radius 1 is 1.25 bits per heavy atom. The number of carbonyl (C=O) groups is 1. The van der Waals surface area contributed by atoms with Crippen LogP contribution in [-0.4, -0.2) is 32.7 Å². The number of pyridine rings is 1. The maximum Gasteiger partial charge on any atom is 0.255 e. The Labute approximate surface area is 141 Å². The third kappa shape index (κ3) is 5.04. The van der Waals surface area contributed by atoms with Gasteiger partial charge in [0.05, 0.1) is 31.3 Å². The maximum atomic E-state index is 12.4. The van der Waals surface area contributed by atoms with E-state index in [9.17, 15) is 13.2 Å².